The van der Waals surface area contributed by atoms with Crippen LogP contribution in [0.5, 0.6) is 0 Å². The predicted octanol–water partition coefficient (Wildman–Crippen LogP) is 5.40. The molecule has 9 heteroatoms. The molecule has 0 aromatic heterocycles. The monoisotopic (exact) mass is 493 g/mol. The van der Waals surface area contributed by atoms with Crippen molar-refractivity contribution in [2.75, 3.05) is 5.73 Å². The number of hydrogen-bond acceptors (Lipinski definition) is 5. The van der Waals surface area contributed by atoms with E-state index in [1.54, 1.807) is 12.1 Å². The number of nitrogens with two attached hydrogens (primary N) is 1. The Morgan fingerprint density at radius 2 is 1.03 bits per heavy atom. The van der Waals surface area contributed by atoms with Crippen LogP contribution in [0.3, 0.4) is 0 Å². The number of nitrogen functional groups attached to an aromatic ring is 1. The molecule has 0 unspecified atom stereocenters. The third-order valence-electron chi connectivity index (χ3n) is 4.82. The number of carboxylic acid groups (broad SMARTS) is 2. The lowest BCUT2D eigenvalue weighted by atomic mass is 9.92. The van der Waals surface area contributed by atoms with E-state index >= 15 is 0 Å². The van der Waals surface area contributed by atoms with Crippen LogP contribution in [-0.2, 0) is 0 Å². The van der Waals surface area contributed by atoms with Gasteiger partial charge in [0.25, 0.3) is 0 Å². The van der Waals surface area contributed by atoms with Crippen LogP contribution in [0.15, 0.2) is 72.8 Å². The Hall–Kier alpha value is -4.92. The number of aromatic carboxylic acids is 2. The number of benzene rings is 4. The molecule has 0 aliphatic rings. The summed E-state index contributed by atoms with van der Waals surface area (Å²) in [6, 6.07) is 16.9. The molecule has 0 fully saturated rings. The number of carboxylic acids is 2. The van der Waals surface area contributed by atoms with Crippen LogP contribution in [0.25, 0.3) is 10.8 Å². The second-order valence-corrected chi connectivity index (χ2v) is 7.35. The fourth-order valence-electron chi connectivity index (χ4n) is 3.10. The summed E-state index contributed by atoms with van der Waals surface area (Å²) in [7, 11) is 0. The topological polar surface area (TPSA) is 135 Å². The third kappa shape index (κ3) is 7.04. The summed E-state index contributed by atoms with van der Waals surface area (Å²) < 4.78 is 24.1. The second-order valence-electron chi connectivity index (χ2n) is 7.35. The molecular formula is C27H21F2NO6. The van der Waals surface area contributed by atoms with Crippen molar-refractivity contribution in [3.8, 4) is 0 Å². The van der Waals surface area contributed by atoms with Crippen LogP contribution in [0, 0.1) is 18.6 Å². The van der Waals surface area contributed by atoms with Crippen molar-refractivity contribution in [1.82, 2.24) is 0 Å². The van der Waals surface area contributed by atoms with Gasteiger partial charge < -0.3 is 15.9 Å². The van der Waals surface area contributed by atoms with Gasteiger partial charge in [-0.15, -0.1) is 0 Å². The number of carbonyl (C=O) groups is 4. The lowest BCUT2D eigenvalue weighted by molar-refractivity contribution is 0.0686. The minimum absolute atomic E-state index is 0.0195. The molecule has 0 bridgehead atoms. The van der Waals surface area contributed by atoms with Crippen molar-refractivity contribution in [1.29, 1.82) is 0 Å². The fraction of sp³-hybridized carbons (Fsp3) is 0.0370. The highest BCUT2D eigenvalue weighted by Crippen LogP contribution is 2.28. The molecule has 4 N–H and O–H groups in total. The van der Waals surface area contributed by atoms with Gasteiger partial charge in [-0.2, -0.15) is 0 Å². The molecule has 0 aliphatic heterocycles. The van der Waals surface area contributed by atoms with Crippen LogP contribution in [-0.4, -0.2) is 34.7 Å². The largest absolute Gasteiger partial charge is 0.478 e. The minimum Gasteiger partial charge on any atom is -0.478 e. The highest BCUT2D eigenvalue weighted by Gasteiger charge is 2.20. The van der Waals surface area contributed by atoms with Crippen molar-refractivity contribution >= 4 is 41.0 Å². The third-order valence-corrected chi connectivity index (χ3v) is 4.82. The number of halogens is 2. The molecule has 0 saturated carbocycles. The normalized spacial score (nSPS) is 9.75. The van der Waals surface area contributed by atoms with E-state index in [1.165, 1.54) is 60.7 Å². The number of fused-ring (bicyclic) bond motifs is 1. The van der Waals surface area contributed by atoms with E-state index in [1.807, 2.05) is 6.92 Å². The highest BCUT2D eigenvalue weighted by atomic mass is 19.1. The maximum absolute atomic E-state index is 12.1. The summed E-state index contributed by atoms with van der Waals surface area (Å²) in [5.41, 5.74) is 6.53. The Labute approximate surface area is 204 Å². The zero-order valence-electron chi connectivity index (χ0n) is 18.9. The first-order valence-electron chi connectivity index (χ1n) is 10.3. The highest BCUT2D eigenvalue weighted by molar-refractivity contribution is 6.19. The van der Waals surface area contributed by atoms with Crippen molar-refractivity contribution in [2.45, 2.75) is 6.92 Å². The standard InChI is InChI=1S/C14H8O6.C7H7F.C6H6FN/c15-5-7-1-3-9(13(17)18)12-8(6-16)2-4-10(11(7)12)14(19)20;1-6-2-4-7(8)5-3-6;7-5-1-3-6(8)4-2-5/h1-6H,(H,17,18)(H,19,20);2-5H,1H3;1-4H,8H2. The molecule has 0 atom stereocenters. The molecule has 4 aromatic carbocycles. The first kappa shape index (κ1) is 27.3. The Balaban J connectivity index is 0.000000232. The molecule has 184 valence electrons. The second kappa shape index (κ2) is 12.5. The predicted molar refractivity (Wildman–Crippen MR) is 131 cm³/mol. The Kier molecular flexibility index (Phi) is 9.50. The summed E-state index contributed by atoms with van der Waals surface area (Å²) >= 11 is 0. The maximum atomic E-state index is 12.1. The summed E-state index contributed by atoms with van der Waals surface area (Å²) in [6.07, 6.45) is 0.851. The van der Waals surface area contributed by atoms with E-state index in [9.17, 15) is 28.0 Å². The van der Waals surface area contributed by atoms with Crippen molar-refractivity contribution in [3.05, 3.63) is 112 Å². The van der Waals surface area contributed by atoms with Crippen molar-refractivity contribution in [3.63, 3.8) is 0 Å². The quantitative estimate of drug-likeness (QED) is 0.256. The minimum atomic E-state index is -1.31. The van der Waals surface area contributed by atoms with Crippen LogP contribution in [0.2, 0.25) is 0 Å². The van der Waals surface area contributed by atoms with Crippen LogP contribution in [0.1, 0.15) is 47.0 Å². The number of anilines is 1. The molecule has 0 aliphatic carbocycles. The number of carbonyl (C=O) groups excluding carboxylic acids is 2. The maximum Gasteiger partial charge on any atom is 0.336 e. The molecule has 4 rings (SSSR count). The van der Waals surface area contributed by atoms with Gasteiger partial charge in [-0.25, -0.2) is 18.4 Å². The smallest absolute Gasteiger partial charge is 0.336 e. The van der Waals surface area contributed by atoms with Crippen LogP contribution < -0.4 is 5.73 Å². The van der Waals surface area contributed by atoms with E-state index < -0.39 is 11.9 Å². The van der Waals surface area contributed by atoms with E-state index in [0.29, 0.717) is 18.3 Å². The number of rotatable bonds is 4. The molecule has 4 aromatic rings. The lowest BCUT2D eigenvalue weighted by Crippen LogP contribution is -2.06. The van der Waals surface area contributed by atoms with Gasteiger partial charge >= 0.3 is 11.9 Å². The van der Waals surface area contributed by atoms with Gasteiger partial charge in [0.15, 0.2) is 12.6 Å². The summed E-state index contributed by atoms with van der Waals surface area (Å²) in [6.45, 7) is 1.93. The van der Waals surface area contributed by atoms with E-state index in [0.717, 1.165) is 5.56 Å². The molecular weight excluding hydrogens is 472 g/mol. The van der Waals surface area contributed by atoms with Crippen molar-refractivity contribution < 1.29 is 38.2 Å². The number of hydrogen-bond donors (Lipinski definition) is 3. The molecule has 0 saturated heterocycles. The Morgan fingerprint density at radius 1 is 0.667 bits per heavy atom. The van der Waals surface area contributed by atoms with Gasteiger partial charge in [0.05, 0.1) is 11.1 Å². The van der Waals surface area contributed by atoms with E-state index in [-0.39, 0.29) is 44.7 Å². The Morgan fingerprint density at radius 3 is 1.31 bits per heavy atom. The first-order valence-corrected chi connectivity index (χ1v) is 10.3. The zero-order valence-corrected chi connectivity index (χ0v) is 18.9. The van der Waals surface area contributed by atoms with Gasteiger partial charge in [0, 0.05) is 27.6 Å². The lowest BCUT2D eigenvalue weighted by Gasteiger charge is -2.10. The average Bonchev–Trinajstić information content (AvgIpc) is 2.86. The van der Waals surface area contributed by atoms with Gasteiger partial charge in [-0.05, 0) is 55.5 Å². The van der Waals surface area contributed by atoms with Crippen LogP contribution in [0.4, 0.5) is 14.5 Å². The van der Waals surface area contributed by atoms with Crippen molar-refractivity contribution in [2.24, 2.45) is 0 Å². The molecule has 0 spiro atoms. The molecule has 0 amide bonds. The zero-order chi connectivity index (χ0) is 26.8. The van der Waals surface area contributed by atoms with Gasteiger partial charge in [-0.3, -0.25) is 9.59 Å². The van der Waals surface area contributed by atoms with Gasteiger partial charge in [0.2, 0.25) is 0 Å². The van der Waals surface area contributed by atoms with E-state index in [4.69, 9.17) is 15.9 Å². The summed E-state index contributed by atoms with van der Waals surface area (Å²) in [5, 5.41) is 18.2. The van der Waals surface area contributed by atoms with Gasteiger partial charge in [-0.1, -0.05) is 29.8 Å². The molecule has 36 heavy (non-hydrogen) atoms. The molecule has 7 nitrogen and oxygen atoms in total. The first-order chi connectivity index (χ1) is 17.1. The summed E-state index contributed by atoms with van der Waals surface area (Å²) in [5.74, 6) is -3.04. The molecule has 0 radical (unpaired) electrons. The summed E-state index contributed by atoms with van der Waals surface area (Å²) in [4.78, 5) is 44.5. The van der Waals surface area contributed by atoms with E-state index in [2.05, 4.69) is 0 Å². The van der Waals surface area contributed by atoms with Gasteiger partial charge in [0.1, 0.15) is 11.6 Å². The average molecular weight is 493 g/mol. The Bertz CT molecular complexity index is 1250. The number of aryl methyl sites for hydroxylation is 1. The number of aldehydes is 2. The fourth-order valence-corrected chi connectivity index (χ4v) is 3.10. The SMILES string of the molecule is Cc1ccc(F)cc1.Nc1ccc(F)cc1.O=Cc1ccc(C(=O)O)c2c(C=O)ccc(C(=O)O)c12. The molecule has 0 heterocycles. The van der Waals surface area contributed by atoms with Crippen LogP contribution >= 0.6 is 0 Å².